The maximum atomic E-state index is 13.7. The van der Waals surface area contributed by atoms with E-state index in [4.69, 9.17) is 68.5 Å². The van der Waals surface area contributed by atoms with Crippen LogP contribution in [0.3, 0.4) is 0 Å². The van der Waals surface area contributed by atoms with Crippen LogP contribution in [0.2, 0.25) is 0 Å². The number of pyridine rings is 2. The Morgan fingerprint density at radius 3 is 1.31 bits per heavy atom. The third-order valence-electron chi connectivity index (χ3n) is 18.6. The van der Waals surface area contributed by atoms with E-state index in [1.165, 1.54) is 31.2 Å². The molecule has 26 nitrogen and oxygen atoms in total. The van der Waals surface area contributed by atoms with Crippen LogP contribution < -0.4 is 21.5 Å². The van der Waals surface area contributed by atoms with E-state index >= 15 is 0 Å². The van der Waals surface area contributed by atoms with Crippen LogP contribution in [-0.2, 0) is 82.6 Å². The number of alkyl halides is 3. The molecule has 2 aliphatic rings. The van der Waals surface area contributed by atoms with Crippen LogP contribution in [0.25, 0.3) is 34.0 Å². The van der Waals surface area contributed by atoms with Gasteiger partial charge in [0.05, 0.1) is 89.0 Å². The predicted molar refractivity (Wildman–Crippen MR) is 445 cm³/mol. The van der Waals surface area contributed by atoms with Crippen LogP contribution in [-0.4, -0.2) is 185 Å². The lowest BCUT2D eigenvalue weighted by Gasteiger charge is -2.37. The van der Waals surface area contributed by atoms with Gasteiger partial charge in [0.15, 0.2) is 0 Å². The molecule has 2 aliphatic heterocycles. The first-order chi connectivity index (χ1) is 51.6. The number of likely N-dealkylation sites (N-methyl/N-ethyl adjacent to an activating group) is 1. The molecule has 0 saturated carbocycles. The van der Waals surface area contributed by atoms with Gasteiger partial charge in [-0.3, -0.25) is 67.9 Å². The van der Waals surface area contributed by atoms with E-state index in [0.29, 0.717) is 44.5 Å². The number of ether oxygens (including phenoxy) is 5. The fourth-order valence-corrected chi connectivity index (χ4v) is 13.2. The van der Waals surface area contributed by atoms with Crippen LogP contribution in [0.15, 0.2) is 72.8 Å². The number of amides is 5. The van der Waals surface area contributed by atoms with E-state index in [0.717, 1.165) is 38.6 Å². The number of rotatable bonds is 26. The van der Waals surface area contributed by atoms with Crippen molar-refractivity contribution in [1.82, 2.24) is 50.7 Å². The molecule has 2 fully saturated rings. The second-order valence-corrected chi connectivity index (χ2v) is 38.1. The molecule has 0 aliphatic carbocycles. The Hall–Kier alpha value is -7.66. The first-order valence-corrected chi connectivity index (χ1v) is 40.1. The maximum Gasteiger partial charge on any atom is 0.325 e. The smallest absolute Gasteiger partial charge is 0.325 e. The summed E-state index contributed by atoms with van der Waals surface area (Å²) in [5.41, 5.74) is 8.11. The summed E-state index contributed by atoms with van der Waals surface area (Å²) in [6.07, 6.45) is 9.34. The van der Waals surface area contributed by atoms with Crippen molar-refractivity contribution in [2.75, 3.05) is 48.0 Å². The maximum absolute atomic E-state index is 13.7. The Bertz CT molecular complexity index is 4050. The van der Waals surface area contributed by atoms with Crippen LogP contribution in [0.4, 0.5) is 0 Å². The van der Waals surface area contributed by atoms with Gasteiger partial charge >= 0.3 is 29.8 Å². The molecule has 2 saturated heterocycles. The summed E-state index contributed by atoms with van der Waals surface area (Å²) >= 11 is 16.8. The van der Waals surface area contributed by atoms with Gasteiger partial charge in [0.2, 0.25) is 21.5 Å². The standard InChI is InChI=1S/C38H55N5O7.C23H32N2O3S.C21H34Cl3N3O6.CH4/c1-23(2)28(22-32(44)50-37(5,6)7)33(45)39-24(3)34(46)43-20-12-13-30(41-43)35(47)42(10)25(4)29-17-16-27-15-14-26(21-31(27)40-29)18-19-38(8,9)36(48)49-11;1-16(25(7)29(27)22(2,3)4)19-12-11-18-10-9-17(15-20(18)24-19)13-14-23(5,6)21(26)28-8;1-12(2)14(10-16(28)33-20(4,5)6)17(29)25-13(3)18(30)27-9-7-8-15(26-27)19(31)32-11-21(22,23)24;/h14-19,21,23-25,28,30,41H,12-13,20,22H2,1-11H3,(H,39,45);9-16H,1-8H3;12-15,26H,7-11H2,1-6H3,(H,25,29);1H4/b19-18+;14-13+;;/t24-,25+,28-,30-;16-,29-;13-,14-,15-;/m010./s1. The van der Waals surface area contributed by atoms with Crippen LogP contribution in [0.1, 0.15) is 226 Å². The highest BCUT2D eigenvalue weighted by molar-refractivity contribution is 7.84. The number of carbonyl (C=O) groups is 10. The van der Waals surface area contributed by atoms with E-state index in [1.807, 2.05) is 166 Å². The number of hydrogen-bond donors (Lipinski definition) is 4. The van der Waals surface area contributed by atoms with Crippen molar-refractivity contribution < 1.29 is 75.8 Å². The van der Waals surface area contributed by atoms with Gasteiger partial charge in [-0.15, -0.1) is 0 Å². The van der Waals surface area contributed by atoms with Gasteiger partial charge in [0.25, 0.3) is 11.8 Å². The normalized spacial score (nSPS) is 17.1. The Morgan fingerprint density at radius 1 is 0.575 bits per heavy atom. The van der Waals surface area contributed by atoms with Crippen molar-refractivity contribution in [2.24, 2.45) is 34.5 Å². The van der Waals surface area contributed by atoms with Gasteiger partial charge in [-0.2, -0.15) is 0 Å². The zero-order valence-corrected chi connectivity index (χ0v) is 73.1. The first kappa shape index (κ1) is 99.5. The minimum absolute atomic E-state index is 0. The molecule has 30 heteroatoms. The molecule has 0 spiro atoms. The monoisotopic (exact) mass is 1650 g/mol. The topological polar surface area (TPSA) is 321 Å². The van der Waals surface area contributed by atoms with Crippen molar-refractivity contribution in [3.8, 4) is 0 Å². The van der Waals surface area contributed by atoms with Crippen molar-refractivity contribution in [3.05, 3.63) is 95.3 Å². The van der Waals surface area contributed by atoms with Gasteiger partial charge in [0, 0.05) is 38.0 Å². The zero-order chi connectivity index (χ0) is 85.1. The molecular formula is C83H125Cl3N10O16S. The van der Waals surface area contributed by atoms with Crippen LogP contribution >= 0.6 is 34.8 Å². The average Bonchev–Trinajstić information content (AvgIpc) is 0.822. The Labute approximate surface area is 686 Å². The van der Waals surface area contributed by atoms with Crippen LogP contribution in [0, 0.1) is 34.5 Å². The SMILES string of the molecule is C.CC(C)[C@H](CC(=O)OC(C)(C)C)C(=O)N[C@@H](C)C(=O)N1CCC[C@@H](C(=O)OCC(Cl)(Cl)Cl)N1.COC(=O)C(C)(C)/C=C/c1ccc2ccc([C@@H](C)N(C)C(=O)[C@@H]3CCCN(C(=O)[C@H](C)NC(=O)[C@@H](CC(=O)OC(C)(C)C)C(C)C)N3)nc2c1.COC(=O)C(C)(C)/C=C/c1ccc2ccc([C@@H](C)N(C)[S@](=O)C(C)(C)C)nc2c1. The molecule has 0 bridgehead atoms. The second-order valence-electron chi connectivity index (χ2n) is 33.3. The largest absolute Gasteiger partial charge is 0.468 e. The molecule has 9 atom stereocenters. The fraction of sp³-hybridized carbons (Fsp3) is 0.614. The number of halogens is 3. The van der Waals surface area contributed by atoms with E-state index in [-0.39, 0.29) is 72.7 Å². The molecule has 4 N–H and O–H groups in total. The van der Waals surface area contributed by atoms with Crippen molar-refractivity contribution >= 4 is 139 Å². The number of carbonyl (C=O) groups excluding carboxylic acids is 10. The minimum Gasteiger partial charge on any atom is -0.468 e. The summed E-state index contributed by atoms with van der Waals surface area (Å²) in [5.74, 6) is -5.65. The number of hydrazine groups is 2. The number of nitrogens with zero attached hydrogens (tertiary/aromatic N) is 6. The summed E-state index contributed by atoms with van der Waals surface area (Å²) in [4.78, 5) is 138. The summed E-state index contributed by atoms with van der Waals surface area (Å²) in [7, 11) is 5.21. The van der Waals surface area contributed by atoms with E-state index in [9.17, 15) is 52.2 Å². The van der Waals surface area contributed by atoms with Crippen molar-refractivity contribution in [2.45, 2.75) is 247 Å². The summed E-state index contributed by atoms with van der Waals surface area (Å²) in [6, 6.07) is 16.1. The number of nitrogens with one attached hydrogen (secondary N) is 4. The Balaban J connectivity index is 0.000000459. The minimum atomic E-state index is -1.73. The molecule has 630 valence electrons. The van der Waals surface area contributed by atoms with Crippen LogP contribution in [0.5, 0.6) is 0 Å². The van der Waals surface area contributed by atoms with Gasteiger partial charge in [-0.05, 0) is 191 Å². The van der Waals surface area contributed by atoms with E-state index < -0.39 is 115 Å². The quantitative estimate of drug-likeness (QED) is 0.0258. The van der Waals surface area contributed by atoms with Gasteiger partial charge < -0.3 is 39.2 Å². The molecule has 4 aromatic rings. The highest BCUT2D eigenvalue weighted by Gasteiger charge is 2.39. The summed E-state index contributed by atoms with van der Waals surface area (Å²) in [6.45, 7) is 38.4. The van der Waals surface area contributed by atoms with Crippen molar-refractivity contribution in [1.29, 1.82) is 0 Å². The average molecular weight is 1660 g/mol. The lowest BCUT2D eigenvalue weighted by atomic mass is 9.91. The Morgan fingerprint density at radius 2 is 0.947 bits per heavy atom. The van der Waals surface area contributed by atoms with Gasteiger partial charge in [-0.1, -0.05) is 131 Å². The molecular weight excluding hydrogens is 1530 g/mol. The summed E-state index contributed by atoms with van der Waals surface area (Å²) < 4.78 is 38.0. The number of hydrogen-bond acceptors (Lipinski definition) is 20. The third-order valence-corrected chi connectivity index (χ3v) is 20.8. The van der Waals surface area contributed by atoms with E-state index in [2.05, 4.69) is 21.5 Å². The molecule has 113 heavy (non-hydrogen) atoms. The van der Waals surface area contributed by atoms with Gasteiger partial charge in [-0.25, -0.2) is 19.4 Å². The molecule has 0 radical (unpaired) electrons. The zero-order valence-electron chi connectivity index (χ0n) is 70.0. The van der Waals surface area contributed by atoms with E-state index in [1.54, 1.807) is 80.3 Å². The highest BCUT2D eigenvalue weighted by Crippen LogP contribution is 2.31. The van der Waals surface area contributed by atoms with Crippen molar-refractivity contribution in [3.63, 3.8) is 0 Å². The lowest BCUT2D eigenvalue weighted by molar-refractivity contribution is -0.158. The predicted octanol–water partition coefficient (Wildman–Crippen LogP) is 13.4. The lowest BCUT2D eigenvalue weighted by Crippen LogP contribution is -2.61. The molecule has 5 amide bonds. The molecule has 2 aromatic heterocycles. The molecule has 2 aromatic carbocycles. The first-order valence-electron chi connectivity index (χ1n) is 37.8. The fourth-order valence-electron chi connectivity index (χ4n) is 11.8. The highest BCUT2D eigenvalue weighted by atomic mass is 35.6. The molecule has 6 rings (SSSR count). The number of benzene rings is 2. The number of fused-ring (bicyclic) bond motifs is 2. The van der Waals surface area contributed by atoms with Gasteiger partial charge in [0.1, 0.15) is 53.0 Å². The third kappa shape index (κ3) is 31.5. The molecule has 0 unspecified atom stereocenters. The molecule has 4 heterocycles. The number of methoxy groups -OCH3 is 2. The Kier molecular flexibility index (Phi) is 37.7. The summed E-state index contributed by atoms with van der Waals surface area (Å²) in [5, 5.41) is 10.1. The number of esters is 5. The second kappa shape index (κ2) is 42.8. The number of aromatic nitrogens is 2.